The molecule has 47 heavy (non-hydrogen) atoms. The quantitative estimate of drug-likeness (QED) is 0.240. The van der Waals surface area contributed by atoms with Gasteiger partial charge in [0, 0.05) is 41.5 Å². The highest BCUT2D eigenvalue weighted by Gasteiger charge is 2.68. The molecular formula is C37H58N2O7S. The fraction of sp³-hybridized carbons (Fsp3) is 0.784. The maximum atomic E-state index is 13.7. The molecule has 4 aliphatic rings. The molecule has 0 saturated heterocycles. The Morgan fingerprint density at radius 1 is 1.21 bits per heavy atom. The molecule has 1 heterocycles. The zero-order chi connectivity index (χ0) is 35.1. The van der Waals surface area contributed by atoms with E-state index in [0.717, 1.165) is 19.3 Å². The summed E-state index contributed by atoms with van der Waals surface area (Å²) in [5, 5.41) is 14.4. The van der Waals surface area contributed by atoms with Gasteiger partial charge in [0.1, 0.15) is 23.5 Å². The smallest absolute Gasteiger partial charge is 0.408 e. The molecule has 10 heteroatoms. The number of esters is 1. The molecule has 3 fully saturated rings. The molecule has 2 N–H and O–H groups in total. The van der Waals surface area contributed by atoms with E-state index in [9.17, 15) is 24.3 Å². The van der Waals surface area contributed by atoms with Gasteiger partial charge in [0.15, 0.2) is 0 Å². The Balaban J connectivity index is 1.47. The summed E-state index contributed by atoms with van der Waals surface area (Å²) in [6, 6.07) is -0.743. The van der Waals surface area contributed by atoms with Gasteiger partial charge in [-0.1, -0.05) is 59.8 Å². The number of Topliss-reactive ketones (excluding diaryl/α,β-unsaturated/α-hetero) is 1. The lowest BCUT2D eigenvalue weighted by molar-refractivity contribution is -0.205. The molecule has 0 aromatic carbocycles. The van der Waals surface area contributed by atoms with Gasteiger partial charge in [-0.25, -0.2) is 4.79 Å². The van der Waals surface area contributed by atoms with Crippen LogP contribution in [0.5, 0.6) is 0 Å². The number of alkyl carbamates (subject to hydrolysis) is 1. The number of hydrogen-bond donors (Lipinski definition) is 2. The zero-order valence-corrected chi connectivity index (χ0v) is 30.8. The largest absolute Gasteiger partial charge is 0.461 e. The maximum Gasteiger partial charge on any atom is 0.408 e. The van der Waals surface area contributed by atoms with Crippen molar-refractivity contribution in [3.05, 3.63) is 24.8 Å². The van der Waals surface area contributed by atoms with Crippen LogP contribution in [-0.2, 0) is 23.9 Å². The summed E-state index contributed by atoms with van der Waals surface area (Å²) in [7, 11) is 0. The fourth-order valence-corrected chi connectivity index (χ4v) is 9.92. The summed E-state index contributed by atoms with van der Waals surface area (Å²) in [5.41, 5.74) is -2.25. The van der Waals surface area contributed by atoms with Gasteiger partial charge in [-0.2, -0.15) is 0 Å². The number of thioether (sulfide) groups is 1. The third kappa shape index (κ3) is 7.34. The molecular weight excluding hydrogens is 616 g/mol. The summed E-state index contributed by atoms with van der Waals surface area (Å²) in [6.07, 6.45) is 7.28. The van der Waals surface area contributed by atoms with Gasteiger partial charge in [0.05, 0.1) is 11.9 Å². The number of nitrogens with zero attached hydrogens (tertiary/aromatic N) is 1. The normalized spacial score (nSPS) is 37.8. The van der Waals surface area contributed by atoms with Crippen molar-refractivity contribution in [3.8, 4) is 0 Å². The summed E-state index contributed by atoms with van der Waals surface area (Å²) >= 11 is 1.41. The van der Waals surface area contributed by atoms with Crippen molar-refractivity contribution in [2.75, 3.05) is 18.8 Å². The van der Waals surface area contributed by atoms with E-state index in [-0.39, 0.29) is 57.7 Å². The molecule has 0 spiro atoms. The van der Waals surface area contributed by atoms with E-state index in [2.05, 4.69) is 32.7 Å². The van der Waals surface area contributed by atoms with E-state index in [0.29, 0.717) is 25.9 Å². The van der Waals surface area contributed by atoms with Crippen LogP contribution in [0.1, 0.15) is 94.4 Å². The number of ketones is 1. The third-order valence-corrected chi connectivity index (χ3v) is 13.1. The van der Waals surface area contributed by atoms with Gasteiger partial charge in [-0.15, -0.1) is 18.3 Å². The first-order valence-electron chi connectivity index (χ1n) is 17.4. The number of aliphatic hydroxyl groups excluding tert-OH is 1. The molecule has 0 radical (unpaired) electrons. The first kappa shape index (κ1) is 37.5. The molecule has 3 saturated carbocycles. The Morgan fingerprint density at radius 3 is 2.51 bits per heavy atom. The van der Waals surface area contributed by atoms with Crippen molar-refractivity contribution in [2.24, 2.45) is 39.9 Å². The van der Waals surface area contributed by atoms with E-state index < -0.39 is 40.8 Å². The van der Waals surface area contributed by atoms with Crippen molar-refractivity contribution in [1.29, 1.82) is 0 Å². The Morgan fingerprint density at radius 2 is 1.89 bits per heavy atom. The second-order valence-corrected chi connectivity index (χ2v) is 17.7. The number of rotatable bonds is 8. The van der Waals surface area contributed by atoms with Crippen LogP contribution < -0.4 is 5.32 Å². The summed E-state index contributed by atoms with van der Waals surface area (Å²) in [6.45, 7) is 22.4. The number of carbonyl (C=O) groups excluding carboxylic acids is 4. The summed E-state index contributed by atoms with van der Waals surface area (Å²) in [4.78, 5) is 55.0. The van der Waals surface area contributed by atoms with E-state index in [1.807, 2.05) is 39.0 Å². The Labute approximate surface area is 286 Å². The lowest BCUT2D eigenvalue weighted by Gasteiger charge is -2.61. The molecule has 3 aliphatic carbocycles. The van der Waals surface area contributed by atoms with Gasteiger partial charge < -0.3 is 24.8 Å². The van der Waals surface area contributed by atoms with E-state index in [1.54, 1.807) is 25.7 Å². The minimum atomic E-state index is -0.743. The molecule has 2 amide bonds. The molecule has 0 aromatic heterocycles. The standard InChI is InChI=1S/C37H58N2O7S/c1-11-35(9)19-27(36(10)23(4)14-16-37(24(5)31(35)42)17-15-26(40)30(36)37)45-28(41)21-47-25-13-12-18-39(20-25)32(43)29(22(2)3)38-33(44)46-34(6,7)8/h11-13,22-25,27,29-31,42H,1,14-21H2,2-10H3,(H,38,44)/t23?,24-,25?,27+,29?,30?,31?,35+,36-,37?/m0/s1. The van der Waals surface area contributed by atoms with E-state index >= 15 is 0 Å². The molecule has 2 bridgehead atoms. The number of carbonyl (C=O) groups is 4. The predicted octanol–water partition coefficient (Wildman–Crippen LogP) is 5.94. The molecule has 4 rings (SSSR count). The minimum Gasteiger partial charge on any atom is -0.461 e. The molecule has 10 atom stereocenters. The minimum absolute atomic E-state index is 0.0787. The number of nitrogens with one attached hydrogen (secondary N) is 1. The lowest BCUT2D eigenvalue weighted by Crippen LogP contribution is -2.63. The second kappa shape index (κ2) is 13.9. The SMILES string of the molecule is C=C[C@]1(C)C[C@@H](OC(=O)CSC2C=CCN(C(=O)C(NC(=O)OC(C)(C)C)C(C)C)C2)[C@]2(C)C(C)CCC3(CCC(=O)C32)[C@@H](C)C1O. The van der Waals surface area contributed by atoms with Crippen LogP contribution in [0, 0.1) is 39.9 Å². The summed E-state index contributed by atoms with van der Waals surface area (Å²) < 4.78 is 11.8. The first-order valence-corrected chi connectivity index (χ1v) is 18.4. The molecule has 264 valence electrons. The van der Waals surface area contributed by atoms with Crippen LogP contribution in [-0.4, -0.2) is 81.7 Å². The van der Waals surface area contributed by atoms with Crippen molar-refractivity contribution in [1.82, 2.24) is 10.2 Å². The van der Waals surface area contributed by atoms with Crippen LogP contribution in [0.15, 0.2) is 24.8 Å². The summed E-state index contributed by atoms with van der Waals surface area (Å²) in [5.74, 6) is -0.599. The molecule has 0 aromatic rings. The maximum absolute atomic E-state index is 13.7. The highest BCUT2D eigenvalue weighted by molar-refractivity contribution is 8.00. The predicted molar refractivity (Wildman–Crippen MR) is 185 cm³/mol. The van der Waals surface area contributed by atoms with Gasteiger partial charge >= 0.3 is 12.1 Å². The van der Waals surface area contributed by atoms with Gasteiger partial charge in [-0.05, 0) is 69.6 Å². The number of aliphatic hydroxyl groups is 1. The van der Waals surface area contributed by atoms with Crippen LogP contribution >= 0.6 is 11.8 Å². The Kier molecular flexibility index (Phi) is 11.1. The number of amides is 2. The Hall–Kier alpha value is -2.33. The zero-order valence-electron chi connectivity index (χ0n) is 30.0. The van der Waals surface area contributed by atoms with Gasteiger partial charge in [-0.3, -0.25) is 14.4 Å². The van der Waals surface area contributed by atoms with Crippen molar-refractivity contribution < 1.29 is 33.8 Å². The number of ether oxygens (including phenoxy) is 2. The average molecular weight is 675 g/mol. The fourth-order valence-electron chi connectivity index (χ4n) is 8.99. The second-order valence-electron chi connectivity index (χ2n) is 16.5. The first-order chi connectivity index (χ1) is 21.8. The van der Waals surface area contributed by atoms with Crippen molar-refractivity contribution in [3.63, 3.8) is 0 Å². The Bertz CT molecular complexity index is 1260. The van der Waals surface area contributed by atoms with Gasteiger partial charge in [0.25, 0.3) is 0 Å². The molecule has 9 nitrogen and oxygen atoms in total. The van der Waals surface area contributed by atoms with Crippen LogP contribution in [0.4, 0.5) is 4.79 Å². The van der Waals surface area contributed by atoms with E-state index in [4.69, 9.17) is 9.47 Å². The van der Waals surface area contributed by atoms with Crippen molar-refractivity contribution >= 4 is 35.5 Å². The molecule has 1 aliphatic heterocycles. The van der Waals surface area contributed by atoms with Crippen LogP contribution in [0.25, 0.3) is 0 Å². The topological polar surface area (TPSA) is 122 Å². The van der Waals surface area contributed by atoms with E-state index in [1.165, 1.54) is 11.8 Å². The van der Waals surface area contributed by atoms with Crippen LogP contribution in [0.2, 0.25) is 0 Å². The van der Waals surface area contributed by atoms with Gasteiger partial charge in [0.2, 0.25) is 5.91 Å². The highest BCUT2D eigenvalue weighted by Crippen LogP contribution is 2.68. The number of hydrogen-bond acceptors (Lipinski definition) is 8. The molecule has 6 unspecified atom stereocenters. The average Bonchev–Trinajstić information content (AvgIpc) is 3.35. The highest BCUT2D eigenvalue weighted by atomic mass is 32.2. The van der Waals surface area contributed by atoms with Crippen LogP contribution in [0.3, 0.4) is 0 Å². The monoisotopic (exact) mass is 674 g/mol. The van der Waals surface area contributed by atoms with Crippen molar-refractivity contribution in [2.45, 2.75) is 124 Å². The third-order valence-electron chi connectivity index (χ3n) is 12.0. The lowest BCUT2D eigenvalue weighted by atomic mass is 9.44.